The van der Waals surface area contributed by atoms with Crippen molar-refractivity contribution in [1.82, 2.24) is 9.97 Å². The Bertz CT molecular complexity index is 1260. The average Bonchev–Trinajstić information content (AvgIpc) is 3.34. The standard InChI is InChI=1S/C26H29F2N3O4S2/c1-35-26(32)22-13-18(27)4-7-21(22)23-24(36-25(30-23)17-12-19(28)15-29-14-17)16-2-5-20(6-3-16)31-8-10-37(33,34)11-9-31/h2-3,5-6,12,14-15,18,21-22,33-34H,4,7-11,13H2,1H3. The first-order chi connectivity index (χ1) is 17.7. The highest BCUT2D eigenvalue weighted by Gasteiger charge is 2.40. The molecule has 2 fully saturated rings. The Morgan fingerprint density at radius 1 is 1.14 bits per heavy atom. The molecule has 3 aromatic rings. The van der Waals surface area contributed by atoms with Crippen molar-refractivity contribution in [3.05, 3.63) is 54.2 Å². The van der Waals surface area contributed by atoms with Crippen LogP contribution in [0.2, 0.25) is 0 Å². The number of alkyl halides is 1. The summed E-state index contributed by atoms with van der Waals surface area (Å²) >= 11 is 1.39. The lowest BCUT2D eigenvalue weighted by molar-refractivity contribution is -0.148. The number of hydrogen-bond donors (Lipinski definition) is 2. The minimum Gasteiger partial charge on any atom is -0.469 e. The van der Waals surface area contributed by atoms with Gasteiger partial charge in [0.05, 0.1) is 41.3 Å². The van der Waals surface area contributed by atoms with Crippen LogP contribution in [0.4, 0.5) is 14.5 Å². The van der Waals surface area contributed by atoms with E-state index < -0.39 is 34.5 Å². The van der Waals surface area contributed by atoms with E-state index in [1.54, 1.807) is 6.20 Å². The molecule has 1 aromatic carbocycles. The van der Waals surface area contributed by atoms with Crippen molar-refractivity contribution in [2.45, 2.75) is 31.4 Å². The van der Waals surface area contributed by atoms with Gasteiger partial charge in [-0.2, -0.15) is 10.6 Å². The molecule has 198 valence electrons. The number of methoxy groups -OCH3 is 1. The summed E-state index contributed by atoms with van der Waals surface area (Å²) in [5, 5.41) is 0.577. The normalized spacial score (nSPS) is 24.5. The number of esters is 1. The van der Waals surface area contributed by atoms with Crippen LogP contribution in [0.15, 0.2) is 42.7 Å². The van der Waals surface area contributed by atoms with Crippen LogP contribution < -0.4 is 4.90 Å². The molecule has 11 heteroatoms. The summed E-state index contributed by atoms with van der Waals surface area (Å²) in [7, 11) is -1.17. The zero-order chi connectivity index (χ0) is 26.2. The van der Waals surface area contributed by atoms with Crippen LogP contribution in [0.3, 0.4) is 0 Å². The van der Waals surface area contributed by atoms with E-state index in [4.69, 9.17) is 9.72 Å². The van der Waals surface area contributed by atoms with Gasteiger partial charge in [0.1, 0.15) is 17.0 Å². The number of hydrogen-bond acceptors (Lipinski definition) is 8. The van der Waals surface area contributed by atoms with E-state index in [0.717, 1.165) is 22.3 Å². The maximum Gasteiger partial charge on any atom is 0.309 e. The minimum atomic E-state index is -2.48. The second-order valence-corrected chi connectivity index (χ2v) is 12.9. The molecule has 1 aliphatic heterocycles. The molecule has 7 nitrogen and oxygen atoms in total. The molecule has 0 bridgehead atoms. The Morgan fingerprint density at radius 3 is 2.54 bits per heavy atom. The Balaban J connectivity index is 1.52. The largest absolute Gasteiger partial charge is 0.469 e. The number of halogens is 2. The summed E-state index contributed by atoms with van der Waals surface area (Å²) in [6, 6.07) is 9.28. The molecule has 0 amide bonds. The number of carbonyl (C=O) groups excluding carboxylic acids is 1. The molecule has 37 heavy (non-hydrogen) atoms. The zero-order valence-electron chi connectivity index (χ0n) is 20.3. The summed E-state index contributed by atoms with van der Waals surface area (Å²) < 4.78 is 53.1. The fourth-order valence-corrected chi connectivity index (χ4v) is 7.46. The maximum atomic E-state index is 14.3. The van der Waals surface area contributed by atoms with Crippen molar-refractivity contribution >= 4 is 33.6 Å². The number of pyridine rings is 1. The van der Waals surface area contributed by atoms with Gasteiger partial charge < -0.3 is 9.64 Å². The van der Waals surface area contributed by atoms with E-state index in [-0.39, 0.29) is 12.3 Å². The number of benzene rings is 1. The SMILES string of the molecule is COC(=O)C1CC(F)CCC1c1nc(-c2cncc(F)c2)sc1-c1ccc(N2CCS(O)(O)CC2)cc1. The van der Waals surface area contributed by atoms with Crippen LogP contribution in [-0.2, 0) is 9.53 Å². The number of thiazole rings is 1. The molecule has 2 aliphatic rings. The first-order valence-electron chi connectivity index (χ1n) is 12.2. The van der Waals surface area contributed by atoms with Gasteiger partial charge in [0.2, 0.25) is 0 Å². The fraction of sp³-hybridized carbons (Fsp3) is 0.423. The third-order valence-electron chi connectivity index (χ3n) is 7.12. The highest BCUT2D eigenvalue weighted by Crippen LogP contribution is 2.47. The van der Waals surface area contributed by atoms with Crippen LogP contribution in [0.1, 0.15) is 30.9 Å². The van der Waals surface area contributed by atoms with E-state index in [1.807, 2.05) is 24.3 Å². The first kappa shape index (κ1) is 26.0. The highest BCUT2D eigenvalue weighted by atomic mass is 32.3. The number of ether oxygens (including phenoxy) is 1. The minimum absolute atomic E-state index is 0.0816. The number of carbonyl (C=O) groups is 1. The molecular formula is C26H29F2N3O4S2. The van der Waals surface area contributed by atoms with Gasteiger partial charge in [0, 0.05) is 36.5 Å². The van der Waals surface area contributed by atoms with Crippen molar-refractivity contribution < 1.29 is 27.4 Å². The molecule has 2 aromatic heterocycles. The molecule has 3 atom stereocenters. The molecule has 1 saturated carbocycles. The van der Waals surface area contributed by atoms with Crippen LogP contribution >= 0.6 is 21.9 Å². The molecule has 1 aliphatic carbocycles. The van der Waals surface area contributed by atoms with E-state index in [0.29, 0.717) is 53.7 Å². The van der Waals surface area contributed by atoms with Crippen molar-refractivity contribution in [2.75, 3.05) is 36.6 Å². The second-order valence-electron chi connectivity index (χ2n) is 9.52. The van der Waals surface area contributed by atoms with Gasteiger partial charge in [-0.15, -0.1) is 11.3 Å². The predicted octanol–water partition coefficient (Wildman–Crippen LogP) is 5.98. The van der Waals surface area contributed by atoms with Crippen LogP contribution in [-0.4, -0.2) is 62.9 Å². The Morgan fingerprint density at radius 2 is 1.86 bits per heavy atom. The summed E-state index contributed by atoms with van der Waals surface area (Å²) in [6.07, 6.45) is 2.48. The molecule has 3 heterocycles. The summed E-state index contributed by atoms with van der Waals surface area (Å²) in [5.41, 5.74) is 3.09. The van der Waals surface area contributed by atoms with E-state index in [2.05, 4.69) is 9.88 Å². The molecule has 3 unspecified atom stereocenters. The van der Waals surface area contributed by atoms with Crippen LogP contribution in [0.5, 0.6) is 0 Å². The summed E-state index contributed by atoms with van der Waals surface area (Å²) in [5.74, 6) is -1.20. The molecule has 0 spiro atoms. The quantitative estimate of drug-likeness (QED) is 0.378. The average molecular weight is 550 g/mol. The number of rotatable bonds is 5. The summed E-state index contributed by atoms with van der Waals surface area (Å²) in [4.78, 5) is 24.4. The van der Waals surface area contributed by atoms with Crippen molar-refractivity contribution in [3.63, 3.8) is 0 Å². The first-order valence-corrected chi connectivity index (χ1v) is 14.9. The molecular weight excluding hydrogens is 520 g/mol. The third kappa shape index (κ3) is 5.64. The van der Waals surface area contributed by atoms with Gasteiger partial charge in [-0.25, -0.2) is 13.8 Å². The number of aromatic nitrogens is 2. The Labute approximate surface area is 219 Å². The second kappa shape index (κ2) is 10.6. The third-order valence-corrected chi connectivity index (χ3v) is 9.96. The van der Waals surface area contributed by atoms with Gasteiger partial charge in [0.15, 0.2) is 0 Å². The topological polar surface area (TPSA) is 95.8 Å². The van der Waals surface area contributed by atoms with E-state index >= 15 is 0 Å². The van der Waals surface area contributed by atoms with Gasteiger partial charge in [-0.1, -0.05) is 12.1 Å². The lowest BCUT2D eigenvalue weighted by Crippen LogP contribution is -2.38. The maximum absolute atomic E-state index is 14.3. The summed E-state index contributed by atoms with van der Waals surface area (Å²) in [6.45, 7) is 1.13. The Kier molecular flexibility index (Phi) is 7.49. The van der Waals surface area contributed by atoms with Gasteiger partial charge in [-0.3, -0.25) is 18.9 Å². The lowest BCUT2D eigenvalue weighted by Gasteiger charge is -2.41. The fourth-order valence-electron chi connectivity index (χ4n) is 5.11. The Hall–Kier alpha value is -2.60. The van der Waals surface area contributed by atoms with Gasteiger partial charge >= 0.3 is 5.97 Å². The smallest absolute Gasteiger partial charge is 0.309 e. The van der Waals surface area contributed by atoms with Crippen molar-refractivity contribution in [2.24, 2.45) is 5.92 Å². The van der Waals surface area contributed by atoms with E-state index in [9.17, 15) is 22.7 Å². The number of anilines is 1. The molecule has 2 N–H and O–H groups in total. The van der Waals surface area contributed by atoms with Crippen molar-refractivity contribution in [1.29, 1.82) is 0 Å². The molecule has 1 saturated heterocycles. The lowest BCUT2D eigenvalue weighted by atomic mass is 9.76. The number of nitrogens with zero attached hydrogens (tertiary/aromatic N) is 3. The molecule has 5 rings (SSSR count). The van der Waals surface area contributed by atoms with Gasteiger partial charge in [-0.05, 0) is 43.0 Å². The van der Waals surface area contributed by atoms with Crippen molar-refractivity contribution in [3.8, 4) is 21.0 Å². The zero-order valence-corrected chi connectivity index (χ0v) is 22.0. The van der Waals surface area contributed by atoms with Gasteiger partial charge in [0.25, 0.3) is 0 Å². The monoisotopic (exact) mass is 549 g/mol. The van der Waals surface area contributed by atoms with E-state index in [1.165, 1.54) is 24.5 Å². The highest BCUT2D eigenvalue weighted by molar-refractivity contribution is 8.24. The van der Waals surface area contributed by atoms with Crippen LogP contribution in [0.25, 0.3) is 21.0 Å². The van der Waals surface area contributed by atoms with Crippen LogP contribution in [0, 0.1) is 11.7 Å². The molecule has 0 radical (unpaired) electrons. The predicted molar refractivity (Wildman–Crippen MR) is 143 cm³/mol.